The Bertz CT molecular complexity index is 821. The Balaban J connectivity index is 1.36. The molecule has 0 aliphatic carbocycles. The topological polar surface area (TPSA) is 58.8 Å². The number of likely N-dealkylation sites (N-methyl/N-ethyl adjacent to an activating group) is 1. The lowest BCUT2D eigenvalue weighted by Crippen LogP contribution is -2.41. The van der Waals surface area contributed by atoms with Crippen molar-refractivity contribution in [1.82, 2.24) is 15.0 Å². The Morgan fingerprint density at radius 2 is 2.11 bits per heavy atom. The minimum Gasteiger partial charge on any atom is -0.370 e. The first kappa shape index (κ1) is 19.1. The Kier molecular flexibility index (Phi) is 5.73. The maximum absolute atomic E-state index is 13.2. The minimum absolute atomic E-state index is 0.0182. The van der Waals surface area contributed by atoms with Crippen LogP contribution in [0.4, 0.5) is 4.39 Å². The zero-order valence-corrected chi connectivity index (χ0v) is 16.2. The maximum Gasteiger partial charge on any atom is 0.248 e. The summed E-state index contributed by atoms with van der Waals surface area (Å²) >= 11 is 0. The summed E-state index contributed by atoms with van der Waals surface area (Å²) in [5.41, 5.74) is 2.37. The fourth-order valence-electron chi connectivity index (χ4n) is 3.98. The molecule has 4 rings (SSSR count). The van der Waals surface area contributed by atoms with Crippen molar-refractivity contribution in [2.75, 3.05) is 33.4 Å². The number of hydrogen-bond acceptors (Lipinski definition) is 5. The van der Waals surface area contributed by atoms with E-state index in [0.717, 1.165) is 29.9 Å². The first-order valence-electron chi connectivity index (χ1n) is 9.91. The van der Waals surface area contributed by atoms with E-state index in [1.165, 1.54) is 25.0 Å². The molecule has 150 valence electrons. The predicted octanol–water partition coefficient (Wildman–Crippen LogP) is 2.87. The van der Waals surface area contributed by atoms with Crippen molar-refractivity contribution in [3.05, 3.63) is 41.4 Å². The van der Waals surface area contributed by atoms with Gasteiger partial charge < -0.3 is 19.1 Å². The molecule has 2 aromatic rings. The van der Waals surface area contributed by atoms with E-state index >= 15 is 0 Å². The Morgan fingerprint density at radius 3 is 2.89 bits per heavy atom. The lowest BCUT2D eigenvalue weighted by molar-refractivity contribution is -0.137. The van der Waals surface area contributed by atoms with Crippen LogP contribution in [0.15, 0.2) is 28.8 Å². The number of piperidine rings is 1. The van der Waals surface area contributed by atoms with Gasteiger partial charge in [0, 0.05) is 30.1 Å². The van der Waals surface area contributed by atoms with E-state index < -0.39 is 0 Å². The number of hydrogen-bond donors (Lipinski definition) is 0. The number of carbonyl (C=O) groups excluding carboxylic acids is 1. The van der Waals surface area contributed by atoms with Gasteiger partial charge in [-0.3, -0.25) is 4.79 Å². The lowest BCUT2D eigenvalue weighted by atomic mass is 10.0. The van der Waals surface area contributed by atoms with Crippen molar-refractivity contribution < 1.29 is 18.4 Å². The smallest absolute Gasteiger partial charge is 0.248 e. The first-order valence-corrected chi connectivity index (χ1v) is 9.91. The molecule has 2 aliphatic heterocycles. The normalized spacial score (nSPS) is 20.2. The molecule has 1 saturated heterocycles. The molecule has 6 nitrogen and oxygen atoms in total. The molecule has 1 fully saturated rings. The molecule has 1 unspecified atom stereocenters. The molecular formula is C21H26FN3O3. The highest BCUT2D eigenvalue weighted by Gasteiger charge is 2.28. The first-order chi connectivity index (χ1) is 13.6. The molecule has 1 aromatic heterocycles. The van der Waals surface area contributed by atoms with Crippen molar-refractivity contribution in [1.29, 1.82) is 0 Å². The van der Waals surface area contributed by atoms with Crippen molar-refractivity contribution >= 4 is 5.91 Å². The number of nitrogens with zero attached hydrogens (tertiary/aromatic N) is 3. The van der Waals surface area contributed by atoms with Crippen LogP contribution in [0.2, 0.25) is 0 Å². The van der Waals surface area contributed by atoms with Gasteiger partial charge in [-0.05, 0) is 50.7 Å². The maximum atomic E-state index is 13.2. The number of ether oxygens (including phenoxy) is 1. The summed E-state index contributed by atoms with van der Waals surface area (Å²) in [6, 6.07) is 6.56. The van der Waals surface area contributed by atoms with Crippen molar-refractivity contribution in [3.8, 4) is 11.3 Å². The third-order valence-electron chi connectivity index (χ3n) is 5.75. The fourth-order valence-corrected chi connectivity index (χ4v) is 3.98. The van der Waals surface area contributed by atoms with Crippen LogP contribution in [0.3, 0.4) is 0 Å². The van der Waals surface area contributed by atoms with Gasteiger partial charge in [0.1, 0.15) is 23.9 Å². The predicted molar refractivity (Wildman–Crippen MR) is 102 cm³/mol. The third kappa shape index (κ3) is 4.10. The average molecular weight is 387 g/mol. The molecule has 0 bridgehead atoms. The Morgan fingerprint density at radius 1 is 1.29 bits per heavy atom. The number of benzene rings is 1. The van der Waals surface area contributed by atoms with E-state index in [1.54, 1.807) is 17.0 Å². The van der Waals surface area contributed by atoms with Crippen LogP contribution in [-0.2, 0) is 22.5 Å². The second kappa shape index (κ2) is 8.41. The third-order valence-corrected chi connectivity index (χ3v) is 5.75. The zero-order chi connectivity index (χ0) is 19.5. The molecule has 2 aliphatic rings. The van der Waals surface area contributed by atoms with Gasteiger partial charge in [0.2, 0.25) is 5.91 Å². The molecule has 28 heavy (non-hydrogen) atoms. The van der Waals surface area contributed by atoms with E-state index in [-0.39, 0.29) is 18.3 Å². The molecule has 0 N–H and O–H groups in total. The fraction of sp³-hybridized carbons (Fsp3) is 0.524. The summed E-state index contributed by atoms with van der Waals surface area (Å²) in [6.45, 7) is 2.82. The number of amides is 1. The molecule has 0 saturated carbocycles. The number of halogens is 1. The summed E-state index contributed by atoms with van der Waals surface area (Å²) in [4.78, 5) is 16.7. The zero-order valence-electron chi connectivity index (χ0n) is 16.2. The minimum atomic E-state index is -0.293. The molecule has 3 heterocycles. The van der Waals surface area contributed by atoms with Crippen LogP contribution < -0.4 is 0 Å². The standard InChI is InChI=1S/C21H26FN3O3/c1-24-10-3-2-4-17(24)13-27-14-20(26)25-11-9-19-18(12-25)21(23-28-19)15-5-7-16(22)8-6-15/h5-8,17H,2-4,9-14H2,1H3. The summed E-state index contributed by atoms with van der Waals surface area (Å²) < 4.78 is 24.4. The van der Waals surface area contributed by atoms with Crippen LogP contribution in [0.1, 0.15) is 30.6 Å². The number of carbonyl (C=O) groups is 1. The van der Waals surface area contributed by atoms with Crippen LogP contribution in [-0.4, -0.2) is 60.3 Å². The second-order valence-corrected chi connectivity index (χ2v) is 7.65. The van der Waals surface area contributed by atoms with Crippen molar-refractivity contribution in [2.24, 2.45) is 0 Å². The van der Waals surface area contributed by atoms with Crippen molar-refractivity contribution in [2.45, 2.75) is 38.3 Å². The highest BCUT2D eigenvalue weighted by molar-refractivity contribution is 5.78. The van der Waals surface area contributed by atoms with Gasteiger partial charge in [-0.15, -0.1) is 0 Å². The number of rotatable bonds is 5. The van der Waals surface area contributed by atoms with E-state index in [0.29, 0.717) is 37.9 Å². The van der Waals surface area contributed by atoms with Gasteiger partial charge in [-0.25, -0.2) is 4.39 Å². The molecule has 7 heteroatoms. The Labute approximate surface area is 164 Å². The second-order valence-electron chi connectivity index (χ2n) is 7.65. The Hall–Kier alpha value is -2.25. The molecular weight excluding hydrogens is 361 g/mol. The number of likely N-dealkylation sites (tertiary alicyclic amines) is 1. The van der Waals surface area contributed by atoms with E-state index in [2.05, 4.69) is 17.1 Å². The number of aromatic nitrogens is 1. The molecule has 1 atom stereocenters. The lowest BCUT2D eigenvalue weighted by Gasteiger charge is -2.32. The largest absolute Gasteiger partial charge is 0.370 e. The highest BCUT2D eigenvalue weighted by atomic mass is 19.1. The van der Waals surface area contributed by atoms with E-state index in [1.807, 2.05) is 0 Å². The van der Waals surface area contributed by atoms with Crippen molar-refractivity contribution in [3.63, 3.8) is 0 Å². The molecule has 0 radical (unpaired) electrons. The SMILES string of the molecule is CN1CCCCC1COCC(=O)N1CCc2onc(-c3ccc(F)cc3)c2C1. The monoisotopic (exact) mass is 387 g/mol. The quantitative estimate of drug-likeness (QED) is 0.790. The van der Waals surface area contributed by atoms with Gasteiger partial charge in [-0.1, -0.05) is 11.6 Å². The van der Waals surface area contributed by atoms with Crippen LogP contribution in [0, 0.1) is 5.82 Å². The van der Waals surface area contributed by atoms with Gasteiger partial charge in [-0.2, -0.15) is 0 Å². The van der Waals surface area contributed by atoms with Crippen LogP contribution in [0.25, 0.3) is 11.3 Å². The summed E-state index contributed by atoms with van der Waals surface area (Å²) in [7, 11) is 2.12. The average Bonchev–Trinajstić information content (AvgIpc) is 3.13. The van der Waals surface area contributed by atoms with Gasteiger partial charge in [0.15, 0.2) is 0 Å². The molecule has 1 amide bonds. The highest BCUT2D eigenvalue weighted by Crippen LogP contribution is 2.30. The van der Waals surface area contributed by atoms with E-state index in [4.69, 9.17) is 9.26 Å². The molecule has 1 aromatic carbocycles. The van der Waals surface area contributed by atoms with Gasteiger partial charge in [0.25, 0.3) is 0 Å². The van der Waals surface area contributed by atoms with Gasteiger partial charge >= 0.3 is 0 Å². The molecule has 0 spiro atoms. The number of fused-ring (bicyclic) bond motifs is 1. The summed E-state index contributed by atoms with van der Waals surface area (Å²) in [5.74, 6) is 0.488. The van der Waals surface area contributed by atoms with Crippen LogP contribution >= 0.6 is 0 Å². The van der Waals surface area contributed by atoms with Gasteiger partial charge in [0.05, 0.1) is 13.2 Å². The van der Waals surface area contributed by atoms with E-state index in [9.17, 15) is 9.18 Å². The summed E-state index contributed by atoms with van der Waals surface area (Å²) in [5, 5.41) is 4.15. The van der Waals surface area contributed by atoms with Crippen LogP contribution in [0.5, 0.6) is 0 Å². The summed E-state index contributed by atoms with van der Waals surface area (Å²) in [6.07, 6.45) is 4.21.